The van der Waals surface area contributed by atoms with Crippen LogP contribution in [0.1, 0.15) is 144 Å². The van der Waals surface area contributed by atoms with Crippen molar-refractivity contribution >= 4 is 29.8 Å². The van der Waals surface area contributed by atoms with Crippen LogP contribution in [0.25, 0.3) is 0 Å². The van der Waals surface area contributed by atoms with Crippen LogP contribution in [0.3, 0.4) is 0 Å². The van der Waals surface area contributed by atoms with Gasteiger partial charge in [0.2, 0.25) is 24.2 Å². The van der Waals surface area contributed by atoms with Crippen LogP contribution in [-0.4, -0.2) is 102 Å². The van der Waals surface area contributed by atoms with E-state index in [0.29, 0.717) is 44.0 Å². The molecule has 0 spiro atoms. The number of aromatic nitrogens is 2. The van der Waals surface area contributed by atoms with E-state index in [1.54, 1.807) is 83.1 Å². The molecule has 0 saturated carbocycles. The molecule has 69 heavy (non-hydrogen) atoms. The highest BCUT2D eigenvalue weighted by atomic mass is 16.7. The number of carbonyl (C=O) groups is 5. The van der Waals surface area contributed by atoms with E-state index < -0.39 is 82.8 Å². The summed E-state index contributed by atoms with van der Waals surface area (Å²) in [7, 11) is 0. The lowest BCUT2D eigenvalue weighted by Gasteiger charge is -2.45. The molecule has 3 aromatic rings. The van der Waals surface area contributed by atoms with E-state index in [0.717, 1.165) is 28.8 Å². The average Bonchev–Trinajstić information content (AvgIpc) is 3.63. The highest BCUT2D eigenvalue weighted by molar-refractivity contribution is 5.78. The van der Waals surface area contributed by atoms with Crippen molar-refractivity contribution in [3.8, 4) is 11.6 Å². The molecule has 1 saturated heterocycles. The molecular weight excluding hydrogens is 885 g/mol. The number of nitrogens with one attached hydrogen (secondary N) is 1. The molecule has 3 N–H and O–H groups in total. The lowest BCUT2D eigenvalue weighted by Crippen LogP contribution is -2.65. The second kappa shape index (κ2) is 23.4. The van der Waals surface area contributed by atoms with Crippen LogP contribution in [0.5, 0.6) is 11.6 Å². The highest BCUT2D eigenvalue weighted by Crippen LogP contribution is 2.37. The molecule has 0 radical (unpaired) electrons. The van der Waals surface area contributed by atoms with E-state index in [2.05, 4.69) is 27.2 Å². The summed E-state index contributed by atoms with van der Waals surface area (Å²) in [6, 6.07) is 16.0. The van der Waals surface area contributed by atoms with Crippen molar-refractivity contribution in [3.63, 3.8) is 0 Å². The zero-order chi connectivity index (χ0) is 51.6. The molecule has 2 aromatic carbocycles. The first-order chi connectivity index (χ1) is 31.9. The maximum atomic E-state index is 13.8. The van der Waals surface area contributed by atoms with Crippen molar-refractivity contribution in [2.75, 3.05) is 26.3 Å². The molecule has 16 nitrogen and oxygen atoms in total. The minimum Gasteiger partial charge on any atom is -0.494 e. The minimum atomic E-state index is -1.52. The quantitative estimate of drug-likeness (QED) is 0.0623. The van der Waals surface area contributed by atoms with Crippen LogP contribution in [0.2, 0.25) is 0 Å². The maximum absolute atomic E-state index is 13.8. The fourth-order valence-corrected chi connectivity index (χ4v) is 7.01. The van der Waals surface area contributed by atoms with E-state index in [4.69, 9.17) is 38.9 Å². The second-order valence-corrected chi connectivity index (χ2v) is 22.4. The number of primary amides is 1. The van der Waals surface area contributed by atoms with Crippen LogP contribution < -0.4 is 15.2 Å². The van der Waals surface area contributed by atoms with Crippen LogP contribution in [0, 0.1) is 28.6 Å². The number of nitrogens with two attached hydrogens (primary N) is 1. The number of aromatic amines is 1. The van der Waals surface area contributed by atoms with Crippen molar-refractivity contribution in [1.82, 2.24) is 15.1 Å². The molecule has 0 unspecified atom stereocenters. The Morgan fingerprint density at radius 3 is 1.86 bits per heavy atom. The first kappa shape index (κ1) is 56.1. The van der Waals surface area contributed by atoms with Crippen molar-refractivity contribution in [2.24, 2.45) is 27.4 Å². The number of hydrogen-bond acceptors (Lipinski definition) is 14. The predicted octanol–water partition coefficient (Wildman–Crippen LogP) is 8.15. The summed E-state index contributed by atoms with van der Waals surface area (Å²) >= 11 is 0. The van der Waals surface area contributed by atoms with Crippen LogP contribution >= 0.6 is 0 Å². The number of aryl methyl sites for hydroxylation is 1. The molecular formula is C53H78N4O12. The van der Waals surface area contributed by atoms with Gasteiger partial charge in [0.25, 0.3) is 0 Å². The average molecular weight is 963 g/mol. The van der Waals surface area contributed by atoms with Crippen LogP contribution in [0.15, 0.2) is 48.5 Å². The lowest BCUT2D eigenvalue weighted by atomic mass is 9.93. The third kappa shape index (κ3) is 16.6. The van der Waals surface area contributed by atoms with Gasteiger partial charge >= 0.3 is 23.9 Å². The molecule has 5 atom stereocenters. The van der Waals surface area contributed by atoms with Crippen molar-refractivity contribution < 1.29 is 57.1 Å². The first-order valence-electron chi connectivity index (χ1n) is 23.9. The predicted molar refractivity (Wildman–Crippen MR) is 260 cm³/mol. The molecule has 1 fully saturated rings. The van der Waals surface area contributed by atoms with Crippen LogP contribution in [-0.2, 0) is 60.6 Å². The first-order valence-corrected chi connectivity index (χ1v) is 23.9. The number of amides is 1. The Balaban J connectivity index is 1.69. The smallest absolute Gasteiger partial charge is 0.311 e. The summed E-state index contributed by atoms with van der Waals surface area (Å²) in [5, 5.41) is 7.74. The third-order valence-electron chi connectivity index (χ3n) is 11.3. The molecule has 1 aliphatic rings. The third-order valence-corrected chi connectivity index (χ3v) is 11.3. The zero-order valence-electron chi connectivity index (χ0n) is 43.6. The largest absolute Gasteiger partial charge is 0.494 e. The van der Waals surface area contributed by atoms with Gasteiger partial charge in [-0.2, -0.15) is 0 Å². The Labute approximate surface area is 409 Å². The van der Waals surface area contributed by atoms with Gasteiger partial charge in [0.1, 0.15) is 18.5 Å². The number of nitrogens with zero attached hydrogens (tertiary/aromatic N) is 2. The molecule has 0 aliphatic carbocycles. The summed E-state index contributed by atoms with van der Waals surface area (Å²) in [5.74, 6) is -2.11. The van der Waals surface area contributed by atoms with E-state index in [9.17, 15) is 24.0 Å². The van der Waals surface area contributed by atoms with Gasteiger partial charge in [-0.25, -0.2) is 0 Å². The summed E-state index contributed by atoms with van der Waals surface area (Å²) in [6.07, 6.45) is -5.84. The number of ether oxygens (including phenoxy) is 7. The van der Waals surface area contributed by atoms with Crippen molar-refractivity contribution in [2.45, 2.75) is 166 Å². The zero-order valence-corrected chi connectivity index (χ0v) is 43.6. The standard InChI is InChI=1S/C53H78N4O12/c1-32(2)40-37(29-35-22-23-36(28-33(35)3)63-27-19-25-57(26-24-39(54)58)30-34-20-17-16-18-21-34)44(56-55-40)69-45-43(68-49(62)53(13,14)15)42(67-48(61)52(10,11)12)41(66-47(60)51(7,8)9)38(65-45)31-64-46(59)50(4,5)6/h16-18,20-23,28,32,38,41-43,45H,19,24-27,29-31H2,1-15H3,(H2,54,58)(H,55,56)/t38-,41-,42+,43-,45+/m1/s1. The van der Waals surface area contributed by atoms with Gasteiger partial charge in [-0.1, -0.05) is 50.2 Å². The molecule has 4 rings (SSSR count). The fourth-order valence-electron chi connectivity index (χ4n) is 7.01. The molecule has 382 valence electrons. The van der Waals surface area contributed by atoms with Gasteiger partial charge in [-0.05, 0) is 131 Å². The Hall–Kier alpha value is -5.48. The summed E-state index contributed by atoms with van der Waals surface area (Å²) in [6.45, 7) is 28.1. The van der Waals surface area contributed by atoms with Gasteiger partial charge < -0.3 is 38.9 Å². The molecule has 2 heterocycles. The van der Waals surface area contributed by atoms with E-state index in [1.165, 1.54) is 0 Å². The summed E-state index contributed by atoms with van der Waals surface area (Å²) in [5.41, 5.74) is 6.00. The Kier molecular flexibility index (Phi) is 19.0. The summed E-state index contributed by atoms with van der Waals surface area (Å²) < 4.78 is 43.8. The monoisotopic (exact) mass is 963 g/mol. The van der Waals surface area contributed by atoms with Gasteiger partial charge in [-0.3, -0.25) is 34.0 Å². The molecule has 1 aromatic heterocycles. The Bertz CT molecular complexity index is 2210. The van der Waals surface area contributed by atoms with Gasteiger partial charge in [0, 0.05) is 43.7 Å². The summed E-state index contributed by atoms with van der Waals surface area (Å²) in [4.78, 5) is 68.3. The minimum absolute atomic E-state index is 0.0368. The topological polar surface area (TPSA) is 208 Å². The van der Waals surface area contributed by atoms with E-state index in [1.807, 2.05) is 57.2 Å². The number of rotatable bonds is 20. The lowest BCUT2D eigenvalue weighted by molar-refractivity contribution is -0.294. The molecule has 1 aliphatic heterocycles. The normalized spacial score (nSPS) is 18.9. The molecule has 0 bridgehead atoms. The second-order valence-electron chi connectivity index (χ2n) is 22.4. The number of esters is 4. The molecule has 1 amide bonds. The number of carbonyl (C=O) groups excluding carboxylic acids is 5. The van der Waals surface area contributed by atoms with Crippen molar-refractivity contribution in [1.29, 1.82) is 0 Å². The number of benzene rings is 2. The SMILES string of the molecule is Cc1cc(OCCCN(CCC(N)=O)Cc2ccccc2)ccc1Cc1c(O[C@@H]2O[C@H](COC(=O)C(C)(C)C)[C@@H](OC(=O)C(C)(C)C)[C@H](OC(=O)C(C)(C)C)[C@H]2OC(=O)C(C)(C)C)n[nH]c1C(C)C. The van der Waals surface area contributed by atoms with Crippen LogP contribution in [0.4, 0.5) is 0 Å². The van der Waals surface area contributed by atoms with E-state index in [-0.39, 0.29) is 24.1 Å². The number of H-pyrrole nitrogens is 1. The van der Waals surface area contributed by atoms with Gasteiger partial charge in [0.05, 0.1) is 28.3 Å². The number of hydrogen-bond donors (Lipinski definition) is 2. The highest BCUT2D eigenvalue weighted by Gasteiger charge is 2.56. The van der Waals surface area contributed by atoms with Gasteiger partial charge in [0.15, 0.2) is 12.2 Å². The fraction of sp³-hybridized carbons (Fsp3) is 0.623. The van der Waals surface area contributed by atoms with E-state index >= 15 is 0 Å². The Morgan fingerprint density at radius 1 is 0.754 bits per heavy atom. The van der Waals surface area contributed by atoms with Crippen molar-refractivity contribution in [3.05, 3.63) is 76.5 Å². The van der Waals surface area contributed by atoms with Gasteiger partial charge in [-0.15, -0.1) is 5.10 Å². The Morgan fingerprint density at radius 2 is 1.32 bits per heavy atom. The maximum Gasteiger partial charge on any atom is 0.311 e. The molecule has 16 heteroatoms.